The number of nitrogens with two attached hydrogens (primary N) is 1. The van der Waals surface area contributed by atoms with Crippen molar-refractivity contribution in [3.8, 4) is 0 Å². The van der Waals surface area contributed by atoms with Gasteiger partial charge in [-0.1, -0.05) is 11.6 Å². The van der Waals surface area contributed by atoms with E-state index in [2.05, 4.69) is 20.3 Å². The van der Waals surface area contributed by atoms with Crippen LogP contribution in [0.1, 0.15) is 31.7 Å². The van der Waals surface area contributed by atoms with Gasteiger partial charge >= 0.3 is 0 Å². The minimum Gasteiger partial charge on any atom is -0.368 e. The van der Waals surface area contributed by atoms with E-state index in [4.69, 9.17) is 17.3 Å². The number of halogens is 1. The number of hydrogen-bond acceptors (Lipinski definition) is 7. The van der Waals surface area contributed by atoms with Gasteiger partial charge in [-0.25, -0.2) is 0 Å². The lowest BCUT2D eigenvalue weighted by Gasteiger charge is -2.20. The van der Waals surface area contributed by atoms with Crippen LogP contribution in [0.2, 0.25) is 4.34 Å². The van der Waals surface area contributed by atoms with E-state index in [9.17, 15) is 0 Å². The Morgan fingerprint density at radius 2 is 2.00 bits per heavy atom. The normalized spacial score (nSPS) is 12.2. The Kier molecular flexibility index (Phi) is 5.19. The Bertz CT molecular complexity index is 598. The van der Waals surface area contributed by atoms with Crippen LogP contribution in [0.5, 0.6) is 0 Å². The third-order valence-electron chi connectivity index (χ3n) is 3.05. The maximum Gasteiger partial charge on any atom is 0.231 e. The van der Waals surface area contributed by atoms with Crippen molar-refractivity contribution in [3.63, 3.8) is 0 Å². The Morgan fingerprint density at radius 3 is 2.57 bits per heavy atom. The highest BCUT2D eigenvalue weighted by Crippen LogP contribution is 2.28. The average Bonchev–Trinajstić information content (AvgIpc) is 2.86. The van der Waals surface area contributed by atoms with Crippen molar-refractivity contribution < 1.29 is 0 Å². The molecule has 2 rings (SSSR count). The summed E-state index contributed by atoms with van der Waals surface area (Å²) in [6, 6.07) is 3.91. The maximum atomic E-state index is 5.96. The zero-order chi connectivity index (χ0) is 15.4. The highest BCUT2D eigenvalue weighted by Gasteiger charge is 2.13. The number of thiophene rings is 1. The van der Waals surface area contributed by atoms with Crippen molar-refractivity contribution in [3.05, 3.63) is 21.3 Å². The SMILES string of the molecule is CCN(CC)c1nc(N)nc(NC(C)c2ccc(Cl)s2)n1. The first kappa shape index (κ1) is 15.8. The second-order valence-corrected chi connectivity index (χ2v) is 6.24. The second-order valence-electron chi connectivity index (χ2n) is 4.50. The van der Waals surface area contributed by atoms with Crippen LogP contribution in [0, 0.1) is 0 Å². The molecule has 2 aromatic heterocycles. The topological polar surface area (TPSA) is 80.0 Å². The zero-order valence-corrected chi connectivity index (χ0v) is 13.9. The molecular formula is C13H19ClN6S. The molecule has 114 valence electrons. The third-order valence-corrected chi connectivity index (χ3v) is 4.47. The number of anilines is 3. The fourth-order valence-corrected chi connectivity index (χ4v) is 2.98. The van der Waals surface area contributed by atoms with Gasteiger partial charge in [0.05, 0.1) is 10.4 Å². The summed E-state index contributed by atoms with van der Waals surface area (Å²) in [5, 5.41) is 3.24. The number of nitrogens with zero attached hydrogens (tertiary/aromatic N) is 4. The van der Waals surface area contributed by atoms with Crippen LogP contribution in [0.25, 0.3) is 0 Å². The molecule has 2 heterocycles. The molecule has 0 radical (unpaired) electrons. The molecular weight excluding hydrogens is 308 g/mol. The van der Waals surface area contributed by atoms with E-state index < -0.39 is 0 Å². The monoisotopic (exact) mass is 326 g/mol. The summed E-state index contributed by atoms with van der Waals surface area (Å²) in [7, 11) is 0. The fraction of sp³-hybridized carbons (Fsp3) is 0.462. The largest absolute Gasteiger partial charge is 0.368 e. The van der Waals surface area contributed by atoms with Crippen LogP contribution in [0.15, 0.2) is 12.1 Å². The quantitative estimate of drug-likeness (QED) is 0.848. The summed E-state index contributed by atoms with van der Waals surface area (Å²) in [5.74, 6) is 1.28. The molecule has 0 aliphatic carbocycles. The van der Waals surface area contributed by atoms with Crippen molar-refractivity contribution in [1.82, 2.24) is 15.0 Å². The summed E-state index contributed by atoms with van der Waals surface area (Å²) in [4.78, 5) is 15.9. The molecule has 0 fully saturated rings. The highest BCUT2D eigenvalue weighted by molar-refractivity contribution is 7.16. The molecule has 0 aliphatic heterocycles. The fourth-order valence-electron chi connectivity index (χ4n) is 1.92. The molecule has 2 aromatic rings. The first-order chi connectivity index (χ1) is 10.0. The van der Waals surface area contributed by atoms with Crippen molar-refractivity contribution in [2.24, 2.45) is 0 Å². The lowest BCUT2D eigenvalue weighted by molar-refractivity contribution is 0.805. The van der Waals surface area contributed by atoms with Gasteiger partial charge in [-0.2, -0.15) is 15.0 Å². The van der Waals surface area contributed by atoms with Crippen LogP contribution in [-0.2, 0) is 0 Å². The van der Waals surface area contributed by atoms with Gasteiger partial charge in [0.1, 0.15) is 0 Å². The maximum absolute atomic E-state index is 5.96. The summed E-state index contributed by atoms with van der Waals surface area (Å²) in [5.41, 5.74) is 5.78. The lowest BCUT2D eigenvalue weighted by atomic mass is 10.3. The first-order valence-corrected chi connectivity index (χ1v) is 8.01. The number of nitrogen functional groups attached to an aromatic ring is 1. The smallest absolute Gasteiger partial charge is 0.231 e. The van der Waals surface area contributed by atoms with E-state index in [1.54, 1.807) is 0 Å². The molecule has 3 N–H and O–H groups in total. The minimum absolute atomic E-state index is 0.0499. The van der Waals surface area contributed by atoms with Gasteiger partial charge in [0, 0.05) is 18.0 Å². The molecule has 0 aromatic carbocycles. The predicted octanol–water partition coefficient (Wildman–Crippen LogP) is 3.19. The third kappa shape index (κ3) is 3.95. The molecule has 1 atom stereocenters. The van der Waals surface area contributed by atoms with Crippen molar-refractivity contribution in [2.75, 3.05) is 29.0 Å². The molecule has 0 amide bonds. The van der Waals surface area contributed by atoms with Gasteiger partial charge in [-0.3, -0.25) is 0 Å². The summed E-state index contributed by atoms with van der Waals surface area (Å²) < 4.78 is 0.762. The van der Waals surface area contributed by atoms with Crippen LogP contribution < -0.4 is 16.0 Å². The molecule has 21 heavy (non-hydrogen) atoms. The molecule has 1 unspecified atom stereocenters. The average molecular weight is 327 g/mol. The van der Waals surface area contributed by atoms with Crippen molar-refractivity contribution in [2.45, 2.75) is 26.8 Å². The van der Waals surface area contributed by atoms with E-state index in [0.717, 1.165) is 22.3 Å². The van der Waals surface area contributed by atoms with Gasteiger partial charge in [0.25, 0.3) is 0 Å². The Hall–Kier alpha value is -1.60. The molecule has 0 saturated heterocycles. The predicted molar refractivity (Wildman–Crippen MR) is 89.2 cm³/mol. The Labute approximate surface area is 133 Å². The van der Waals surface area contributed by atoms with Crippen molar-refractivity contribution in [1.29, 1.82) is 0 Å². The van der Waals surface area contributed by atoms with E-state index >= 15 is 0 Å². The molecule has 6 nitrogen and oxygen atoms in total. The highest BCUT2D eigenvalue weighted by atomic mass is 35.5. The lowest BCUT2D eigenvalue weighted by Crippen LogP contribution is -2.25. The number of hydrogen-bond donors (Lipinski definition) is 2. The molecule has 0 saturated carbocycles. The molecule has 0 bridgehead atoms. The summed E-state index contributed by atoms with van der Waals surface area (Å²) in [6.07, 6.45) is 0. The van der Waals surface area contributed by atoms with Crippen LogP contribution in [0.3, 0.4) is 0 Å². The number of aromatic nitrogens is 3. The minimum atomic E-state index is 0.0499. The van der Waals surface area contributed by atoms with Gasteiger partial charge in [0.2, 0.25) is 17.8 Å². The van der Waals surface area contributed by atoms with E-state index in [1.807, 2.05) is 37.8 Å². The van der Waals surface area contributed by atoms with E-state index in [0.29, 0.717) is 11.9 Å². The molecule has 0 spiro atoms. The van der Waals surface area contributed by atoms with Crippen molar-refractivity contribution >= 4 is 40.8 Å². The number of rotatable bonds is 6. The summed E-state index contributed by atoms with van der Waals surface area (Å²) >= 11 is 7.49. The van der Waals surface area contributed by atoms with E-state index in [-0.39, 0.29) is 12.0 Å². The number of nitrogens with one attached hydrogen (secondary N) is 1. The van der Waals surface area contributed by atoms with Crippen LogP contribution in [-0.4, -0.2) is 28.0 Å². The Morgan fingerprint density at radius 1 is 1.29 bits per heavy atom. The van der Waals surface area contributed by atoms with Crippen LogP contribution in [0.4, 0.5) is 17.8 Å². The molecule has 8 heteroatoms. The first-order valence-electron chi connectivity index (χ1n) is 6.81. The van der Waals surface area contributed by atoms with Gasteiger partial charge in [-0.15, -0.1) is 11.3 Å². The second kappa shape index (κ2) is 6.91. The van der Waals surface area contributed by atoms with E-state index in [1.165, 1.54) is 11.3 Å². The van der Waals surface area contributed by atoms with Gasteiger partial charge in [0.15, 0.2) is 0 Å². The standard InChI is InChI=1S/C13H19ClN6S/c1-4-20(5-2)13-18-11(15)17-12(19-13)16-8(3)9-6-7-10(14)21-9/h6-8H,4-5H2,1-3H3,(H3,15,16,17,18,19). The van der Waals surface area contributed by atoms with Crippen LogP contribution >= 0.6 is 22.9 Å². The molecule has 0 aliphatic rings. The summed E-state index contributed by atoms with van der Waals surface area (Å²) in [6.45, 7) is 7.75. The zero-order valence-electron chi connectivity index (χ0n) is 12.3. The Balaban J connectivity index is 2.19. The van der Waals surface area contributed by atoms with Gasteiger partial charge in [-0.05, 0) is 32.9 Å². The van der Waals surface area contributed by atoms with Gasteiger partial charge < -0.3 is 16.0 Å².